The fraction of sp³-hybridized carbons (Fsp3) is 0.429. The van der Waals surface area contributed by atoms with Crippen molar-refractivity contribution in [2.24, 2.45) is 4.99 Å². The average molecular weight is 497 g/mol. The molecule has 2 heterocycles. The lowest BCUT2D eigenvalue weighted by atomic mass is 9.99. The smallest absolute Gasteiger partial charge is 0.191 e. The first-order chi connectivity index (χ1) is 13.1. The number of guanidine groups is 1. The van der Waals surface area contributed by atoms with Crippen LogP contribution < -0.4 is 15.5 Å². The van der Waals surface area contributed by atoms with Crippen LogP contribution in [0.25, 0.3) is 0 Å². The van der Waals surface area contributed by atoms with E-state index in [1.54, 1.807) is 19.3 Å². The van der Waals surface area contributed by atoms with E-state index in [1.807, 2.05) is 4.90 Å². The molecule has 0 spiro atoms. The van der Waals surface area contributed by atoms with Crippen molar-refractivity contribution >= 4 is 35.8 Å². The maximum absolute atomic E-state index is 13.9. The Morgan fingerprint density at radius 3 is 2.89 bits per heavy atom. The monoisotopic (exact) mass is 497 g/mol. The number of aromatic nitrogens is 1. The number of nitrogens with one attached hydrogen (secondary N) is 2. The molecule has 152 valence electrons. The first-order valence-corrected chi connectivity index (χ1v) is 9.46. The molecule has 5 nitrogen and oxygen atoms in total. The van der Waals surface area contributed by atoms with Gasteiger partial charge in [-0.3, -0.25) is 4.99 Å². The maximum atomic E-state index is 13.9. The van der Waals surface area contributed by atoms with Gasteiger partial charge in [0, 0.05) is 38.9 Å². The summed E-state index contributed by atoms with van der Waals surface area (Å²) in [4.78, 5) is 10.5. The van der Waals surface area contributed by atoms with E-state index in [0.717, 1.165) is 25.5 Å². The first-order valence-electron chi connectivity index (χ1n) is 9.46. The lowest BCUT2D eigenvalue weighted by Gasteiger charge is -2.21. The molecular weight excluding hydrogens is 468 g/mol. The number of halogens is 2. The van der Waals surface area contributed by atoms with E-state index in [0.29, 0.717) is 18.3 Å². The normalized spacial score (nSPS) is 17.8. The fourth-order valence-electron chi connectivity index (χ4n) is 3.41. The van der Waals surface area contributed by atoms with Crippen LogP contribution in [0.15, 0.2) is 47.6 Å². The van der Waals surface area contributed by atoms with E-state index < -0.39 is 0 Å². The van der Waals surface area contributed by atoms with Gasteiger partial charge in [-0.15, -0.1) is 24.0 Å². The van der Waals surface area contributed by atoms with Crippen LogP contribution in [-0.4, -0.2) is 43.7 Å². The van der Waals surface area contributed by atoms with Crippen molar-refractivity contribution in [1.29, 1.82) is 0 Å². The van der Waals surface area contributed by atoms with Crippen LogP contribution in [-0.2, 0) is 0 Å². The number of aryl methyl sites for hydroxylation is 1. The second-order valence-corrected chi connectivity index (χ2v) is 7.15. The molecule has 1 aromatic carbocycles. The molecule has 7 heteroatoms. The molecule has 1 aromatic heterocycles. The van der Waals surface area contributed by atoms with Crippen molar-refractivity contribution in [3.63, 3.8) is 0 Å². The molecule has 0 radical (unpaired) electrons. The molecule has 1 saturated heterocycles. The van der Waals surface area contributed by atoms with Gasteiger partial charge in [0.2, 0.25) is 0 Å². The Balaban J connectivity index is 0.00000280. The van der Waals surface area contributed by atoms with Crippen molar-refractivity contribution in [2.45, 2.75) is 32.2 Å². The molecule has 3 rings (SSSR count). The topological polar surface area (TPSA) is 52.6 Å². The molecule has 28 heavy (non-hydrogen) atoms. The van der Waals surface area contributed by atoms with E-state index in [9.17, 15) is 4.39 Å². The molecule has 0 amide bonds. The SMILES string of the molecule is CN=C(NCC(C)c1cccc(C)c1)NC1CCN(c2ncccc2F)C1.I. The molecule has 1 aliphatic heterocycles. The highest BCUT2D eigenvalue weighted by Gasteiger charge is 2.26. The van der Waals surface area contributed by atoms with Crippen LogP contribution in [0.3, 0.4) is 0 Å². The molecular formula is C21H29FIN5. The van der Waals surface area contributed by atoms with Crippen LogP contribution in [0.2, 0.25) is 0 Å². The van der Waals surface area contributed by atoms with Gasteiger partial charge in [-0.05, 0) is 37.0 Å². The highest BCUT2D eigenvalue weighted by molar-refractivity contribution is 14.0. The summed E-state index contributed by atoms with van der Waals surface area (Å²) in [5.41, 5.74) is 2.59. The number of hydrogen-bond acceptors (Lipinski definition) is 3. The van der Waals surface area contributed by atoms with Crippen LogP contribution in [0, 0.1) is 12.7 Å². The van der Waals surface area contributed by atoms with E-state index in [-0.39, 0.29) is 35.8 Å². The molecule has 2 N–H and O–H groups in total. The zero-order valence-corrected chi connectivity index (χ0v) is 19.0. The van der Waals surface area contributed by atoms with Crippen molar-refractivity contribution in [2.75, 3.05) is 31.6 Å². The molecule has 2 atom stereocenters. The Hall–Kier alpha value is -1.90. The number of rotatable bonds is 5. The molecule has 2 unspecified atom stereocenters. The number of aliphatic imine (C=N–C) groups is 1. The van der Waals surface area contributed by atoms with Crippen molar-refractivity contribution in [3.05, 3.63) is 59.5 Å². The van der Waals surface area contributed by atoms with E-state index >= 15 is 0 Å². The van der Waals surface area contributed by atoms with Gasteiger partial charge in [0.25, 0.3) is 0 Å². The van der Waals surface area contributed by atoms with E-state index in [2.05, 4.69) is 58.7 Å². The van der Waals surface area contributed by atoms with Crippen molar-refractivity contribution in [1.82, 2.24) is 15.6 Å². The van der Waals surface area contributed by atoms with E-state index in [4.69, 9.17) is 0 Å². The molecule has 0 bridgehead atoms. The number of anilines is 1. The average Bonchev–Trinajstić information content (AvgIpc) is 3.13. The largest absolute Gasteiger partial charge is 0.356 e. The second kappa shape index (κ2) is 10.6. The molecule has 0 aliphatic carbocycles. The van der Waals surface area contributed by atoms with Crippen LogP contribution in [0.1, 0.15) is 30.4 Å². The van der Waals surface area contributed by atoms with Crippen LogP contribution in [0.5, 0.6) is 0 Å². The zero-order chi connectivity index (χ0) is 19.2. The van der Waals surface area contributed by atoms with Gasteiger partial charge < -0.3 is 15.5 Å². The minimum atomic E-state index is -0.271. The van der Waals surface area contributed by atoms with Crippen molar-refractivity contribution < 1.29 is 4.39 Å². The van der Waals surface area contributed by atoms with Gasteiger partial charge in [0.1, 0.15) is 0 Å². The molecule has 2 aromatic rings. The summed E-state index contributed by atoms with van der Waals surface area (Å²) >= 11 is 0. The lowest BCUT2D eigenvalue weighted by molar-refractivity contribution is 0.611. The highest BCUT2D eigenvalue weighted by Crippen LogP contribution is 2.21. The molecule has 0 saturated carbocycles. The van der Waals surface area contributed by atoms with Gasteiger partial charge in [-0.2, -0.15) is 0 Å². The standard InChI is InChI=1S/C21H28FN5.HI/c1-15-6-4-7-17(12-15)16(2)13-25-21(23-3)26-18-9-11-27(14-18)20-19(22)8-5-10-24-20;/h4-8,10,12,16,18H,9,11,13-14H2,1-3H3,(H2,23,25,26);1H. The van der Waals surface area contributed by atoms with Crippen LogP contribution >= 0.6 is 24.0 Å². The minimum absolute atomic E-state index is 0. The fourth-order valence-corrected chi connectivity index (χ4v) is 3.41. The summed E-state index contributed by atoms with van der Waals surface area (Å²) in [7, 11) is 1.78. The summed E-state index contributed by atoms with van der Waals surface area (Å²) in [6.45, 7) is 6.61. The quantitative estimate of drug-likeness (QED) is 0.376. The zero-order valence-electron chi connectivity index (χ0n) is 16.7. The third-order valence-electron chi connectivity index (χ3n) is 4.98. The highest BCUT2D eigenvalue weighted by atomic mass is 127. The number of nitrogens with zero attached hydrogens (tertiary/aromatic N) is 3. The Morgan fingerprint density at radius 2 is 2.18 bits per heavy atom. The summed E-state index contributed by atoms with van der Waals surface area (Å²) in [6, 6.07) is 11.9. The second-order valence-electron chi connectivity index (χ2n) is 7.15. The van der Waals surface area contributed by atoms with E-state index in [1.165, 1.54) is 17.2 Å². The Labute approximate surface area is 183 Å². The van der Waals surface area contributed by atoms with Crippen molar-refractivity contribution in [3.8, 4) is 0 Å². The third-order valence-corrected chi connectivity index (χ3v) is 4.98. The first kappa shape index (κ1) is 22.4. The summed E-state index contributed by atoms with van der Waals surface area (Å²) in [6.07, 6.45) is 2.55. The third kappa shape index (κ3) is 5.80. The van der Waals surface area contributed by atoms with Gasteiger partial charge in [0.05, 0.1) is 0 Å². The van der Waals surface area contributed by atoms with Gasteiger partial charge in [-0.25, -0.2) is 9.37 Å². The lowest BCUT2D eigenvalue weighted by Crippen LogP contribution is -2.45. The predicted octanol–water partition coefficient (Wildman–Crippen LogP) is 3.69. The summed E-state index contributed by atoms with van der Waals surface area (Å²) < 4.78 is 13.9. The van der Waals surface area contributed by atoms with Crippen LogP contribution in [0.4, 0.5) is 10.2 Å². The Kier molecular flexibility index (Phi) is 8.47. The number of benzene rings is 1. The van der Waals surface area contributed by atoms with Gasteiger partial charge in [0.15, 0.2) is 17.6 Å². The number of pyridine rings is 1. The summed E-state index contributed by atoms with van der Waals surface area (Å²) in [5, 5.41) is 6.86. The predicted molar refractivity (Wildman–Crippen MR) is 124 cm³/mol. The maximum Gasteiger partial charge on any atom is 0.191 e. The van der Waals surface area contributed by atoms with Gasteiger partial charge >= 0.3 is 0 Å². The van der Waals surface area contributed by atoms with Gasteiger partial charge in [-0.1, -0.05) is 36.8 Å². The Bertz CT molecular complexity index is 798. The Morgan fingerprint density at radius 1 is 1.36 bits per heavy atom. The molecule has 1 fully saturated rings. The number of hydrogen-bond donors (Lipinski definition) is 2. The molecule has 1 aliphatic rings. The summed E-state index contributed by atoms with van der Waals surface area (Å²) in [5.74, 6) is 1.32. The minimum Gasteiger partial charge on any atom is -0.356 e.